The third-order valence-corrected chi connectivity index (χ3v) is 5.50. The molecule has 1 aromatic rings. The first-order chi connectivity index (χ1) is 12.1. The molecule has 4 nitrogen and oxygen atoms in total. The molecule has 25 heavy (non-hydrogen) atoms. The molecule has 2 atom stereocenters. The molecule has 1 aromatic carbocycles. The maximum atomic E-state index is 12.3. The third-order valence-electron chi connectivity index (χ3n) is 5.27. The van der Waals surface area contributed by atoms with Gasteiger partial charge in [-0.3, -0.25) is 9.59 Å². The Hall–Kier alpha value is -1.55. The highest BCUT2D eigenvalue weighted by atomic mass is 35.5. The lowest BCUT2D eigenvalue weighted by Crippen LogP contribution is -2.37. The minimum Gasteiger partial charge on any atom is -0.356 e. The van der Waals surface area contributed by atoms with Crippen LogP contribution in [0.25, 0.3) is 0 Å². The number of benzene rings is 1. The standard InChI is InChI=1S/C20H27ClN2O2/c21-15-7-5-6-14(12-15)10-11-22-19(24)17-13-18(17)20(25)23-16-8-3-1-2-4-9-16/h5-7,12,16-18H,1-4,8-11,13H2,(H,22,24)(H,23,25). The van der Waals surface area contributed by atoms with Crippen LogP contribution in [0.2, 0.25) is 5.02 Å². The smallest absolute Gasteiger partial charge is 0.224 e. The number of hydrogen-bond acceptors (Lipinski definition) is 2. The van der Waals surface area contributed by atoms with Crippen LogP contribution in [0.4, 0.5) is 0 Å². The molecular weight excluding hydrogens is 336 g/mol. The Morgan fingerprint density at radius 3 is 2.48 bits per heavy atom. The van der Waals surface area contributed by atoms with Crippen LogP contribution in [0.5, 0.6) is 0 Å². The quantitative estimate of drug-likeness (QED) is 0.761. The molecule has 0 spiro atoms. The minimum atomic E-state index is -0.148. The topological polar surface area (TPSA) is 58.2 Å². The molecule has 5 heteroatoms. The van der Waals surface area contributed by atoms with Crippen molar-refractivity contribution in [2.45, 2.75) is 57.4 Å². The molecule has 0 bridgehead atoms. The van der Waals surface area contributed by atoms with Crippen molar-refractivity contribution in [3.63, 3.8) is 0 Å². The van der Waals surface area contributed by atoms with Gasteiger partial charge in [0.05, 0.1) is 11.8 Å². The highest BCUT2D eigenvalue weighted by molar-refractivity contribution is 6.30. The fourth-order valence-electron chi connectivity index (χ4n) is 3.66. The van der Waals surface area contributed by atoms with Gasteiger partial charge in [0.15, 0.2) is 0 Å². The van der Waals surface area contributed by atoms with Crippen molar-refractivity contribution in [1.29, 1.82) is 0 Å². The summed E-state index contributed by atoms with van der Waals surface area (Å²) in [5.41, 5.74) is 1.10. The molecule has 2 aliphatic rings. The summed E-state index contributed by atoms with van der Waals surface area (Å²) in [6, 6.07) is 7.97. The second kappa shape index (κ2) is 8.70. The number of carbonyl (C=O) groups is 2. The van der Waals surface area contributed by atoms with E-state index in [0.717, 1.165) is 24.8 Å². The van der Waals surface area contributed by atoms with E-state index in [2.05, 4.69) is 10.6 Å². The van der Waals surface area contributed by atoms with Crippen LogP contribution in [0, 0.1) is 11.8 Å². The zero-order valence-corrected chi connectivity index (χ0v) is 15.4. The first-order valence-corrected chi connectivity index (χ1v) is 9.84. The molecule has 136 valence electrons. The van der Waals surface area contributed by atoms with E-state index in [4.69, 9.17) is 11.6 Å². The second-order valence-corrected chi connectivity index (χ2v) is 7.75. The van der Waals surface area contributed by atoms with Gasteiger partial charge >= 0.3 is 0 Å². The molecular formula is C20H27ClN2O2. The average molecular weight is 363 g/mol. The molecule has 2 aliphatic carbocycles. The monoisotopic (exact) mass is 362 g/mol. The number of amides is 2. The van der Waals surface area contributed by atoms with Gasteiger partial charge in [0, 0.05) is 17.6 Å². The molecule has 0 aromatic heterocycles. The highest BCUT2D eigenvalue weighted by Crippen LogP contribution is 2.39. The second-order valence-electron chi connectivity index (χ2n) is 7.32. The maximum absolute atomic E-state index is 12.3. The summed E-state index contributed by atoms with van der Waals surface area (Å²) in [4.78, 5) is 24.5. The lowest BCUT2D eigenvalue weighted by molar-refractivity contribution is -0.127. The van der Waals surface area contributed by atoms with Crippen LogP contribution < -0.4 is 10.6 Å². The molecule has 2 fully saturated rings. The first kappa shape index (κ1) is 18.2. The van der Waals surface area contributed by atoms with Gasteiger partial charge in [-0.25, -0.2) is 0 Å². The molecule has 2 saturated carbocycles. The van der Waals surface area contributed by atoms with Gasteiger partial charge in [0.25, 0.3) is 0 Å². The summed E-state index contributed by atoms with van der Waals surface area (Å²) in [7, 11) is 0. The number of halogens is 1. The van der Waals surface area contributed by atoms with E-state index in [1.165, 1.54) is 25.7 Å². The van der Waals surface area contributed by atoms with Crippen molar-refractivity contribution in [2.75, 3.05) is 6.54 Å². The van der Waals surface area contributed by atoms with Gasteiger partial charge < -0.3 is 10.6 Å². The van der Waals surface area contributed by atoms with Gasteiger partial charge in [-0.2, -0.15) is 0 Å². The number of carbonyl (C=O) groups excluding carboxylic acids is 2. The van der Waals surface area contributed by atoms with Crippen molar-refractivity contribution >= 4 is 23.4 Å². The van der Waals surface area contributed by atoms with Crippen molar-refractivity contribution in [1.82, 2.24) is 10.6 Å². The molecule has 2 N–H and O–H groups in total. The lowest BCUT2D eigenvalue weighted by atomic mass is 10.1. The van der Waals surface area contributed by atoms with E-state index >= 15 is 0 Å². The lowest BCUT2D eigenvalue weighted by Gasteiger charge is -2.16. The Kier molecular flexibility index (Phi) is 6.35. The van der Waals surface area contributed by atoms with Gasteiger partial charge in [0.2, 0.25) is 11.8 Å². The maximum Gasteiger partial charge on any atom is 0.224 e. The van der Waals surface area contributed by atoms with Gasteiger partial charge in [0.1, 0.15) is 0 Å². The Labute approximate surface area is 154 Å². The summed E-state index contributed by atoms with van der Waals surface area (Å²) in [5, 5.41) is 6.82. The Morgan fingerprint density at radius 2 is 1.76 bits per heavy atom. The van der Waals surface area contributed by atoms with Crippen molar-refractivity contribution < 1.29 is 9.59 Å². The summed E-state index contributed by atoms with van der Waals surface area (Å²) in [6.45, 7) is 0.576. The Balaban J connectivity index is 1.37. The van der Waals surface area contributed by atoms with Gasteiger partial charge in [-0.15, -0.1) is 0 Å². The summed E-state index contributed by atoms with van der Waals surface area (Å²) < 4.78 is 0. The molecule has 3 rings (SSSR count). The largest absolute Gasteiger partial charge is 0.356 e. The summed E-state index contributed by atoms with van der Waals surface area (Å²) >= 11 is 5.96. The van der Waals surface area contributed by atoms with E-state index in [0.29, 0.717) is 24.0 Å². The summed E-state index contributed by atoms with van der Waals surface area (Å²) in [6.07, 6.45) is 8.52. The zero-order chi connectivity index (χ0) is 17.6. The normalized spacial score (nSPS) is 23.6. The third kappa shape index (κ3) is 5.46. The van der Waals surface area contributed by atoms with Crippen LogP contribution in [-0.2, 0) is 16.0 Å². The molecule has 0 radical (unpaired) electrons. The molecule has 2 unspecified atom stereocenters. The van der Waals surface area contributed by atoms with Crippen LogP contribution in [0.3, 0.4) is 0 Å². The van der Waals surface area contributed by atoms with Crippen molar-refractivity contribution in [3.8, 4) is 0 Å². The molecule has 2 amide bonds. The van der Waals surface area contributed by atoms with E-state index in [1.54, 1.807) is 0 Å². The van der Waals surface area contributed by atoms with E-state index < -0.39 is 0 Å². The Morgan fingerprint density at radius 1 is 1.04 bits per heavy atom. The molecule has 0 saturated heterocycles. The number of nitrogens with one attached hydrogen (secondary N) is 2. The Bertz CT molecular complexity index is 611. The number of hydrogen-bond donors (Lipinski definition) is 2. The van der Waals surface area contributed by atoms with Crippen LogP contribution in [-0.4, -0.2) is 24.4 Å². The van der Waals surface area contributed by atoms with Gasteiger partial charge in [-0.05, 0) is 43.4 Å². The molecule has 0 heterocycles. The fraction of sp³-hybridized carbons (Fsp3) is 0.600. The molecule has 0 aliphatic heterocycles. The van der Waals surface area contributed by atoms with E-state index in [1.807, 2.05) is 24.3 Å². The van der Waals surface area contributed by atoms with Crippen LogP contribution in [0.15, 0.2) is 24.3 Å². The minimum absolute atomic E-state index is 0.00282. The highest BCUT2D eigenvalue weighted by Gasteiger charge is 2.48. The predicted molar refractivity (Wildman–Crippen MR) is 99.4 cm³/mol. The van der Waals surface area contributed by atoms with E-state index in [9.17, 15) is 9.59 Å². The average Bonchev–Trinajstić information content (AvgIpc) is 3.40. The fourth-order valence-corrected chi connectivity index (χ4v) is 3.87. The first-order valence-electron chi connectivity index (χ1n) is 9.46. The van der Waals surface area contributed by atoms with Crippen LogP contribution >= 0.6 is 11.6 Å². The number of rotatable bonds is 6. The zero-order valence-electron chi connectivity index (χ0n) is 14.6. The van der Waals surface area contributed by atoms with Crippen molar-refractivity contribution in [3.05, 3.63) is 34.9 Å². The van der Waals surface area contributed by atoms with Crippen molar-refractivity contribution in [2.24, 2.45) is 11.8 Å². The SMILES string of the molecule is O=C(NCCc1cccc(Cl)c1)C1CC1C(=O)NC1CCCCCC1. The van der Waals surface area contributed by atoms with E-state index in [-0.39, 0.29) is 23.7 Å². The van der Waals surface area contributed by atoms with Crippen LogP contribution in [0.1, 0.15) is 50.5 Å². The van der Waals surface area contributed by atoms with Gasteiger partial charge in [-0.1, -0.05) is 49.4 Å². The predicted octanol–water partition coefficient (Wildman–Crippen LogP) is 3.47. The summed E-state index contributed by atoms with van der Waals surface area (Å²) in [5.74, 6) is -0.204.